The van der Waals surface area contributed by atoms with E-state index in [2.05, 4.69) is 22.0 Å². The Labute approximate surface area is 122 Å². The molecule has 20 heavy (non-hydrogen) atoms. The summed E-state index contributed by atoms with van der Waals surface area (Å²) in [6, 6.07) is 0.869. The number of hydrogen-bond acceptors (Lipinski definition) is 2. The van der Waals surface area contributed by atoms with Gasteiger partial charge in [0.1, 0.15) is 0 Å². The van der Waals surface area contributed by atoms with Gasteiger partial charge in [0.05, 0.1) is 0 Å². The molecular formula is C16H29N3O. The number of amides is 2. The Balaban J connectivity index is 1.56. The van der Waals surface area contributed by atoms with E-state index in [9.17, 15) is 4.79 Å². The lowest BCUT2D eigenvalue weighted by molar-refractivity contribution is 0.122. The zero-order valence-corrected chi connectivity index (χ0v) is 12.8. The van der Waals surface area contributed by atoms with Crippen LogP contribution in [0.15, 0.2) is 0 Å². The number of carbonyl (C=O) groups is 1. The van der Waals surface area contributed by atoms with Gasteiger partial charge in [0.15, 0.2) is 0 Å². The van der Waals surface area contributed by atoms with Gasteiger partial charge in [-0.3, -0.25) is 0 Å². The summed E-state index contributed by atoms with van der Waals surface area (Å²) >= 11 is 0. The van der Waals surface area contributed by atoms with Crippen molar-refractivity contribution in [2.45, 2.75) is 51.5 Å². The average molecular weight is 279 g/mol. The maximum absolute atomic E-state index is 12.8. The number of urea groups is 1. The first-order chi connectivity index (χ1) is 9.74. The van der Waals surface area contributed by atoms with Gasteiger partial charge in [-0.05, 0) is 63.5 Å². The van der Waals surface area contributed by atoms with Gasteiger partial charge in [0.25, 0.3) is 0 Å². The molecule has 0 aromatic carbocycles. The lowest BCUT2D eigenvalue weighted by Crippen LogP contribution is -2.50. The van der Waals surface area contributed by atoms with E-state index < -0.39 is 0 Å². The van der Waals surface area contributed by atoms with E-state index >= 15 is 0 Å². The molecule has 1 atom stereocenters. The molecule has 2 aliphatic heterocycles. The first kappa shape index (κ1) is 14.2. The third-order valence-corrected chi connectivity index (χ3v) is 5.14. The number of nitrogens with zero attached hydrogens (tertiary/aromatic N) is 2. The quantitative estimate of drug-likeness (QED) is 0.860. The Kier molecular flexibility index (Phi) is 4.49. The summed E-state index contributed by atoms with van der Waals surface area (Å²) < 4.78 is 0. The smallest absolute Gasteiger partial charge is 0.320 e. The average Bonchev–Trinajstić information content (AvgIpc) is 3.30. The Morgan fingerprint density at radius 2 is 1.95 bits per heavy atom. The second-order valence-corrected chi connectivity index (χ2v) is 7.05. The normalized spacial score (nSPS) is 28.4. The molecule has 2 heterocycles. The summed E-state index contributed by atoms with van der Waals surface area (Å²) in [4.78, 5) is 17.1. The SMILES string of the molecule is CC1CCN(C(=O)N(CC2CCCNC2)C2CC2)CC1. The first-order valence-corrected chi connectivity index (χ1v) is 8.50. The Morgan fingerprint density at radius 3 is 2.55 bits per heavy atom. The fourth-order valence-electron chi connectivity index (χ4n) is 3.51. The molecule has 0 bridgehead atoms. The van der Waals surface area contributed by atoms with Crippen LogP contribution < -0.4 is 5.32 Å². The zero-order valence-electron chi connectivity index (χ0n) is 12.8. The maximum Gasteiger partial charge on any atom is 0.320 e. The van der Waals surface area contributed by atoms with Gasteiger partial charge >= 0.3 is 6.03 Å². The van der Waals surface area contributed by atoms with E-state index in [1.54, 1.807) is 0 Å². The van der Waals surface area contributed by atoms with Crippen molar-refractivity contribution in [3.8, 4) is 0 Å². The summed E-state index contributed by atoms with van der Waals surface area (Å²) in [6.45, 7) is 7.44. The molecule has 1 saturated carbocycles. The highest BCUT2D eigenvalue weighted by Gasteiger charge is 2.36. The number of likely N-dealkylation sites (tertiary alicyclic amines) is 1. The number of hydrogen-bond donors (Lipinski definition) is 1. The van der Waals surface area contributed by atoms with Gasteiger partial charge < -0.3 is 15.1 Å². The highest BCUT2D eigenvalue weighted by atomic mass is 16.2. The van der Waals surface area contributed by atoms with Gasteiger partial charge in [-0.1, -0.05) is 6.92 Å². The summed E-state index contributed by atoms with van der Waals surface area (Å²) in [5.41, 5.74) is 0. The van der Waals surface area contributed by atoms with Crippen molar-refractivity contribution >= 4 is 6.03 Å². The van der Waals surface area contributed by atoms with Crippen LogP contribution in [0.2, 0.25) is 0 Å². The predicted molar refractivity (Wildman–Crippen MR) is 80.7 cm³/mol. The summed E-state index contributed by atoms with van der Waals surface area (Å²) in [6.07, 6.45) is 7.33. The minimum absolute atomic E-state index is 0.324. The van der Waals surface area contributed by atoms with Crippen molar-refractivity contribution in [3.63, 3.8) is 0 Å². The molecule has 0 aromatic heterocycles. The molecule has 1 N–H and O–H groups in total. The van der Waals surface area contributed by atoms with Gasteiger partial charge in [-0.15, -0.1) is 0 Å². The molecule has 3 aliphatic rings. The van der Waals surface area contributed by atoms with E-state index in [1.165, 1.54) is 38.5 Å². The Bertz CT molecular complexity index is 329. The Hall–Kier alpha value is -0.770. The topological polar surface area (TPSA) is 35.6 Å². The molecule has 2 saturated heterocycles. The third kappa shape index (κ3) is 3.46. The molecular weight excluding hydrogens is 250 g/mol. The van der Waals surface area contributed by atoms with Crippen LogP contribution in [0.25, 0.3) is 0 Å². The molecule has 3 fully saturated rings. The molecule has 0 spiro atoms. The van der Waals surface area contributed by atoms with E-state index in [1.807, 2.05) is 0 Å². The lowest BCUT2D eigenvalue weighted by atomic mass is 9.98. The molecule has 0 radical (unpaired) electrons. The summed E-state index contributed by atoms with van der Waals surface area (Å²) in [5.74, 6) is 1.45. The van der Waals surface area contributed by atoms with Crippen molar-refractivity contribution in [1.29, 1.82) is 0 Å². The predicted octanol–water partition coefficient (Wildman–Crippen LogP) is 2.30. The van der Waals surface area contributed by atoms with Gasteiger partial charge in [-0.25, -0.2) is 4.79 Å². The molecule has 4 nitrogen and oxygen atoms in total. The monoisotopic (exact) mass is 279 g/mol. The van der Waals surface area contributed by atoms with Crippen LogP contribution in [0.5, 0.6) is 0 Å². The van der Waals surface area contributed by atoms with E-state index in [0.717, 1.165) is 38.6 Å². The van der Waals surface area contributed by atoms with Crippen molar-refractivity contribution in [2.75, 3.05) is 32.7 Å². The third-order valence-electron chi connectivity index (χ3n) is 5.14. The van der Waals surface area contributed by atoms with Crippen LogP contribution in [0.3, 0.4) is 0 Å². The van der Waals surface area contributed by atoms with Crippen LogP contribution in [0.1, 0.15) is 45.4 Å². The van der Waals surface area contributed by atoms with E-state index in [-0.39, 0.29) is 0 Å². The minimum Gasteiger partial charge on any atom is -0.325 e. The fourth-order valence-corrected chi connectivity index (χ4v) is 3.51. The molecule has 1 aliphatic carbocycles. The zero-order chi connectivity index (χ0) is 13.9. The number of rotatable bonds is 3. The summed E-state index contributed by atoms with van der Waals surface area (Å²) in [5, 5.41) is 3.47. The molecule has 0 aromatic rings. The van der Waals surface area contributed by atoms with Crippen molar-refractivity contribution in [1.82, 2.24) is 15.1 Å². The lowest BCUT2D eigenvalue weighted by Gasteiger charge is -2.37. The van der Waals surface area contributed by atoms with Crippen LogP contribution >= 0.6 is 0 Å². The van der Waals surface area contributed by atoms with Gasteiger partial charge in [0, 0.05) is 25.7 Å². The molecule has 4 heteroatoms. The minimum atomic E-state index is 0.324. The second-order valence-electron chi connectivity index (χ2n) is 7.05. The standard InChI is InChI=1S/C16H29N3O/c1-13-6-9-18(10-7-13)16(20)19(15-4-5-15)12-14-3-2-8-17-11-14/h13-15,17H,2-12H2,1H3. The number of carbonyl (C=O) groups excluding carboxylic acids is 1. The largest absolute Gasteiger partial charge is 0.325 e. The highest BCUT2D eigenvalue weighted by molar-refractivity contribution is 5.75. The Morgan fingerprint density at radius 1 is 1.20 bits per heavy atom. The van der Waals surface area contributed by atoms with Crippen LogP contribution in [0.4, 0.5) is 4.79 Å². The van der Waals surface area contributed by atoms with Crippen molar-refractivity contribution < 1.29 is 4.79 Å². The first-order valence-electron chi connectivity index (χ1n) is 8.50. The van der Waals surface area contributed by atoms with Crippen LogP contribution in [0, 0.1) is 11.8 Å². The fraction of sp³-hybridized carbons (Fsp3) is 0.938. The molecule has 2 amide bonds. The second kappa shape index (κ2) is 6.33. The highest BCUT2D eigenvalue weighted by Crippen LogP contribution is 2.30. The number of piperidine rings is 2. The molecule has 3 rings (SSSR count). The number of nitrogens with one attached hydrogen (secondary N) is 1. The maximum atomic E-state index is 12.8. The van der Waals surface area contributed by atoms with Gasteiger partial charge in [0.2, 0.25) is 0 Å². The molecule has 114 valence electrons. The van der Waals surface area contributed by atoms with Crippen molar-refractivity contribution in [3.05, 3.63) is 0 Å². The van der Waals surface area contributed by atoms with E-state index in [4.69, 9.17) is 0 Å². The van der Waals surface area contributed by atoms with E-state index in [0.29, 0.717) is 18.0 Å². The van der Waals surface area contributed by atoms with Crippen molar-refractivity contribution in [2.24, 2.45) is 11.8 Å². The summed E-state index contributed by atoms with van der Waals surface area (Å²) in [7, 11) is 0. The van der Waals surface area contributed by atoms with Crippen LogP contribution in [-0.2, 0) is 0 Å². The van der Waals surface area contributed by atoms with Crippen LogP contribution in [-0.4, -0.2) is 54.6 Å². The van der Waals surface area contributed by atoms with Gasteiger partial charge in [-0.2, -0.15) is 0 Å². The molecule has 1 unspecified atom stereocenters.